The third kappa shape index (κ3) is 6.27. The molecule has 0 aliphatic carbocycles. The SMILES string of the molecule is CN=C(NCCCSC)NCC(c1ccc(C)s1)N1CCOCC1. The molecule has 0 amide bonds. The lowest BCUT2D eigenvalue weighted by atomic mass is 10.2. The van der Waals surface area contributed by atoms with Crippen LogP contribution >= 0.6 is 23.1 Å². The molecule has 1 fully saturated rings. The first-order valence-electron chi connectivity index (χ1n) is 8.56. The van der Waals surface area contributed by atoms with E-state index in [9.17, 15) is 0 Å². The Morgan fingerprint density at radius 2 is 2.17 bits per heavy atom. The molecule has 0 saturated carbocycles. The van der Waals surface area contributed by atoms with Crippen LogP contribution in [0.2, 0.25) is 0 Å². The summed E-state index contributed by atoms with van der Waals surface area (Å²) in [6.07, 6.45) is 3.29. The van der Waals surface area contributed by atoms with Crippen LogP contribution in [-0.4, -0.2) is 69.3 Å². The number of nitrogens with zero attached hydrogens (tertiary/aromatic N) is 2. The minimum atomic E-state index is 0.373. The van der Waals surface area contributed by atoms with Gasteiger partial charge in [-0.25, -0.2) is 0 Å². The molecule has 2 rings (SSSR count). The van der Waals surface area contributed by atoms with Crippen LogP contribution in [0, 0.1) is 6.92 Å². The van der Waals surface area contributed by atoms with Crippen LogP contribution < -0.4 is 10.6 Å². The molecule has 0 bridgehead atoms. The van der Waals surface area contributed by atoms with Gasteiger partial charge in [-0.3, -0.25) is 9.89 Å². The molecule has 2 heterocycles. The number of hydrogen-bond acceptors (Lipinski definition) is 5. The highest BCUT2D eigenvalue weighted by Crippen LogP contribution is 2.27. The Morgan fingerprint density at radius 3 is 2.79 bits per heavy atom. The molecular formula is C17H30N4OS2. The summed E-state index contributed by atoms with van der Waals surface area (Å²) in [5.41, 5.74) is 0. The molecule has 24 heavy (non-hydrogen) atoms. The lowest BCUT2D eigenvalue weighted by Gasteiger charge is -2.34. The molecule has 0 radical (unpaired) electrons. The van der Waals surface area contributed by atoms with E-state index >= 15 is 0 Å². The molecule has 0 spiro atoms. The summed E-state index contributed by atoms with van der Waals surface area (Å²) in [6, 6.07) is 4.84. The van der Waals surface area contributed by atoms with Gasteiger partial charge in [0.25, 0.3) is 0 Å². The first-order valence-corrected chi connectivity index (χ1v) is 10.8. The Kier molecular flexibility index (Phi) is 8.94. The van der Waals surface area contributed by atoms with Crippen molar-refractivity contribution in [2.45, 2.75) is 19.4 Å². The van der Waals surface area contributed by atoms with Gasteiger partial charge in [-0.2, -0.15) is 11.8 Å². The Labute approximate surface area is 154 Å². The molecule has 1 aromatic heterocycles. The van der Waals surface area contributed by atoms with Crippen molar-refractivity contribution in [3.05, 3.63) is 21.9 Å². The standard InChI is InChI=1S/C17H30N4OS2/c1-14-5-6-16(24-14)15(21-8-10-22-11-9-21)13-20-17(18-2)19-7-4-12-23-3/h5-6,15H,4,7-13H2,1-3H3,(H2,18,19,20). The average Bonchev–Trinajstić information content (AvgIpc) is 3.04. The highest BCUT2D eigenvalue weighted by Gasteiger charge is 2.24. The van der Waals surface area contributed by atoms with E-state index < -0.39 is 0 Å². The van der Waals surface area contributed by atoms with Gasteiger partial charge in [0.05, 0.1) is 19.3 Å². The van der Waals surface area contributed by atoms with Crippen LogP contribution in [0.1, 0.15) is 22.2 Å². The third-order valence-corrected chi connectivity index (χ3v) is 5.88. The number of thiophene rings is 1. The fraction of sp³-hybridized carbons (Fsp3) is 0.706. The number of hydrogen-bond donors (Lipinski definition) is 2. The summed E-state index contributed by atoms with van der Waals surface area (Å²) in [4.78, 5) is 9.65. The van der Waals surface area contributed by atoms with E-state index in [-0.39, 0.29) is 0 Å². The van der Waals surface area contributed by atoms with Gasteiger partial charge in [-0.1, -0.05) is 0 Å². The lowest BCUT2D eigenvalue weighted by Crippen LogP contribution is -2.46. The second-order valence-electron chi connectivity index (χ2n) is 5.84. The van der Waals surface area contributed by atoms with Gasteiger partial charge in [0.1, 0.15) is 0 Å². The predicted octanol–water partition coefficient (Wildman–Crippen LogP) is 2.35. The van der Waals surface area contributed by atoms with Crippen molar-refractivity contribution in [3.8, 4) is 0 Å². The van der Waals surface area contributed by atoms with E-state index in [0.717, 1.165) is 51.8 Å². The molecule has 0 aromatic carbocycles. The van der Waals surface area contributed by atoms with Gasteiger partial charge >= 0.3 is 0 Å². The van der Waals surface area contributed by atoms with Gasteiger partial charge in [0.15, 0.2) is 5.96 Å². The molecule has 1 saturated heterocycles. The molecule has 2 N–H and O–H groups in total. The van der Waals surface area contributed by atoms with Crippen molar-refractivity contribution in [1.82, 2.24) is 15.5 Å². The molecular weight excluding hydrogens is 340 g/mol. The van der Waals surface area contributed by atoms with E-state index in [1.165, 1.54) is 15.5 Å². The van der Waals surface area contributed by atoms with Crippen LogP contribution in [0.15, 0.2) is 17.1 Å². The number of aliphatic imine (C=N–C) groups is 1. The van der Waals surface area contributed by atoms with E-state index in [4.69, 9.17) is 4.74 Å². The Morgan fingerprint density at radius 1 is 1.38 bits per heavy atom. The van der Waals surface area contributed by atoms with Crippen LogP contribution in [0.4, 0.5) is 0 Å². The summed E-state index contributed by atoms with van der Waals surface area (Å²) >= 11 is 3.77. The highest BCUT2D eigenvalue weighted by atomic mass is 32.2. The third-order valence-electron chi connectivity index (χ3n) is 4.08. The van der Waals surface area contributed by atoms with Crippen LogP contribution in [0.3, 0.4) is 0 Å². The number of thioether (sulfide) groups is 1. The topological polar surface area (TPSA) is 48.9 Å². The number of guanidine groups is 1. The maximum absolute atomic E-state index is 5.52. The highest BCUT2D eigenvalue weighted by molar-refractivity contribution is 7.98. The Hall–Kier alpha value is -0.760. The molecule has 1 atom stereocenters. The van der Waals surface area contributed by atoms with E-state index in [0.29, 0.717) is 6.04 Å². The second-order valence-corrected chi connectivity index (χ2v) is 8.14. The first-order chi connectivity index (χ1) is 11.7. The van der Waals surface area contributed by atoms with E-state index in [1.54, 1.807) is 0 Å². The average molecular weight is 371 g/mol. The summed E-state index contributed by atoms with van der Waals surface area (Å²) in [5, 5.41) is 6.91. The number of nitrogens with one attached hydrogen (secondary N) is 2. The van der Waals surface area contributed by atoms with Crippen molar-refractivity contribution < 1.29 is 4.74 Å². The first kappa shape index (κ1) is 19.6. The molecule has 1 aliphatic rings. The number of rotatable bonds is 8. The number of morpholine rings is 1. The molecule has 1 aromatic rings. The van der Waals surface area contributed by atoms with E-state index in [2.05, 4.69) is 45.8 Å². The smallest absolute Gasteiger partial charge is 0.191 e. The normalized spacial score (nSPS) is 17.7. The zero-order valence-electron chi connectivity index (χ0n) is 15.0. The Bertz CT molecular complexity index is 501. The molecule has 136 valence electrons. The number of aryl methyl sites for hydroxylation is 1. The van der Waals surface area contributed by atoms with Crippen molar-refractivity contribution in [2.75, 3.05) is 58.4 Å². The van der Waals surface area contributed by atoms with Gasteiger partial charge < -0.3 is 15.4 Å². The molecule has 1 aliphatic heterocycles. The summed E-state index contributed by atoms with van der Waals surface area (Å²) < 4.78 is 5.52. The summed E-state index contributed by atoms with van der Waals surface area (Å²) in [6.45, 7) is 7.62. The maximum atomic E-state index is 5.52. The van der Waals surface area contributed by atoms with Crippen molar-refractivity contribution >= 4 is 29.1 Å². The Balaban J connectivity index is 1.92. The maximum Gasteiger partial charge on any atom is 0.191 e. The summed E-state index contributed by atoms with van der Waals surface area (Å²) in [5.74, 6) is 2.07. The quantitative estimate of drug-likeness (QED) is 0.418. The number of ether oxygens (including phenoxy) is 1. The molecule has 7 heteroatoms. The monoisotopic (exact) mass is 370 g/mol. The van der Waals surface area contributed by atoms with Gasteiger partial charge in [0, 0.05) is 43.0 Å². The van der Waals surface area contributed by atoms with Crippen LogP contribution in [0.5, 0.6) is 0 Å². The van der Waals surface area contributed by atoms with Gasteiger partial charge in [0.2, 0.25) is 0 Å². The largest absolute Gasteiger partial charge is 0.379 e. The fourth-order valence-corrected chi connectivity index (χ4v) is 4.21. The second kappa shape index (κ2) is 11.0. The summed E-state index contributed by atoms with van der Waals surface area (Å²) in [7, 11) is 1.84. The molecule has 1 unspecified atom stereocenters. The zero-order valence-corrected chi connectivity index (χ0v) is 16.6. The lowest BCUT2D eigenvalue weighted by molar-refractivity contribution is 0.0177. The zero-order chi connectivity index (χ0) is 17.2. The van der Waals surface area contributed by atoms with Crippen LogP contribution in [-0.2, 0) is 4.74 Å². The minimum Gasteiger partial charge on any atom is -0.379 e. The van der Waals surface area contributed by atoms with Crippen molar-refractivity contribution in [2.24, 2.45) is 4.99 Å². The van der Waals surface area contributed by atoms with Crippen molar-refractivity contribution in [3.63, 3.8) is 0 Å². The molecule has 5 nitrogen and oxygen atoms in total. The minimum absolute atomic E-state index is 0.373. The van der Waals surface area contributed by atoms with E-state index in [1.807, 2.05) is 30.1 Å². The van der Waals surface area contributed by atoms with Gasteiger partial charge in [-0.05, 0) is 37.5 Å². The fourth-order valence-electron chi connectivity index (χ4n) is 2.77. The van der Waals surface area contributed by atoms with Crippen LogP contribution in [0.25, 0.3) is 0 Å². The van der Waals surface area contributed by atoms with Gasteiger partial charge in [-0.15, -0.1) is 11.3 Å². The predicted molar refractivity (Wildman–Crippen MR) is 107 cm³/mol. The van der Waals surface area contributed by atoms with Crippen molar-refractivity contribution in [1.29, 1.82) is 0 Å².